The number of aromatic nitrogens is 3. The maximum Gasteiger partial charge on any atom is 0.230 e. The number of carbonyl (C=O) groups is 1. The van der Waals surface area contributed by atoms with Crippen LogP contribution >= 0.6 is 15.9 Å². The van der Waals surface area contributed by atoms with Gasteiger partial charge in [0.2, 0.25) is 5.91 Å². The average molecular weight is 773 g/mol. The Balaban J connectivity index is 1.64. The summed E-state index contributed by atoms with van der Waals surface area (Å²) in [4.78, 5) is 21.3. The topological polar surface area (TPSA) is 178 Å². The smallest absolute Gasteiger partial charge is 0.230 e. The number of aryl methyl sites for hydroxylation is 1. The number of nitrogens with zero attached hydrogens (tertiary/aromatic N) is 3. The van der Waals surface area contributed by atoms with Gasteiger partial charge in [0.05, 0.1) is 163 Å². The molecule has 0 fully saturated rings. The molecule has 0 atom stereocenters. The number of hydrogen-bond acceptors (Lipinski definition) is 15. The van der Waals surface area contributed by atoms with E-state index in [1.165, 1.54) is 0 Å². The standard InChI is InChI=1S/C31H56BrN4O13/c32-28-31(38)33-3-6-39-8-10-41-12-14-43-16-18-45-20-22-47-24-26-49-27-25-48-23-21-46-19-17-44-15-13-42-11-9-40-7-4-36-29-30(34-35-36)2-1-5-37/h29H,1-4,6-28H2,(H,33,38). The lowest BCUT2D eigenvalue weighted by Gasteiger charge is -2.09. The van der Waals surface area contributed by atoms with Crippen molar-refractivity contribution in [3.8, 4) is 0 Å². The highest BCUT2D eigenvalue weighted by Crippen LogP contribution is 1.97. The van der Waals surface area contributed by atoms with Crippen LogP contribution in [-0.4, -0.2) is 184 Å². The molecule has 18 heteroatoms. The zero-order valence-electron chi connectivity index (χ0n) is 28.7. The van der Waals surface area contributed by atoms with Crippen LogP contribution in [0.4, 0.5) is 0 Å². The summed E-state index contributed by atoms with van der Waals surface area (Å²) in [6.07, 6.45) is 4.53. The van der Waals surface area contributed by atoms with E-state index in [0.717, 1.165) is 5.69 Å². The van der Waals surface area contributed by atoms with Gasteiger partial charge in [0, 0.05) is 25.6 Å². The van der Waals surface area contributed by atoms with E-state index in [0.29, 0.717) is 177 Å². The molecule has 1 aromatic heterocycles. The quantitative estimate of drug-likeness (QED) is 0.0697. The van der Waals surface area contributed by atoms with Crippen molar-refractivity contribution in [1.29, 1.82) is 0 Å². The molecule has 1 aromatic rings. The molecule has 1 rings (SSSR count). The van der Waals surface area contributed by atoms with Gasteiger partial charge in [-0.3, -0.25) is 9.59 Å². The lowest BCUT2D eigenvalue weighted by atomic mass is 10.3. The van der Waals surface area contributed by atoms with Crippen LogP contribution < -0.4 is 5.32 Å². The van der Waals surface area contributed by atoms with E-state index < -0.39 is 0 Å². The van der Waals surface area contributed by atoms with Crippen molar-refractivity contribution in [2.24, 2.45) is 0 Å². The molecular weight excluding hydrogens is 716 g/mol. The van der Waals surface area contributed by atoms with E-state index in [-0.39, 0.29) is 5.91 Å². The summed E-state index contributed by atoms with van der Waals surface area (Å²) in [5.74, 6) is -0.0601. The number of ether oxygens (including phenoxy) is 11. The summed E-state index contributed by atoms with van der Waals surface area (Å²) in [6.45, 7) is 11.8. The maximum atomic E-state index is 11.0. The number of rotatable bonds is 40. The van der Waals surface area contributed by atoms with E-state index in [1.54, 1.807) is 4.68 Å². The van der Waals surface area contributed by atoms with Gasteiger partial charge < -0.3 is 57.4 Å². The van der Waals surface area contributed by atoms with Crippen LogP contribution in [0.1, 0.15) is 12.1 Å². The highest BCUT2D eigenvalue weighted by atomic mass is 79.9. The van der Waals surface area contributed by atoms with Crippen LogP contribution in [0.2, 0.25) is 0 Å². The molecule has 0 bridgehead atoms. The first-order valence-corrected chi connectivity index (χ1v) is 17.8. The SMILES string of the molecule is O=[C]CCc1cn(CCOCCOCCOCCOCCOCCOCCOCCOCCOCCOCCOCCNC(=O)CBr)nn1. The minimum absolute atomic E-state index is 0.0601. The predicted molar refractivity (Wildman–Crippen MR) is 180 cm³/mol. The zero-order valence-corrected chi connectivity index (χ0v) is 30.3. The van der Waals surface area contributed by atoms with Crippen molar-refractivity contribution in [1.82, 2.24) is 20.3 Å². The first-order valence-electron chi connectivity index (χ1n) is 16.7. The first kappa shape index (κ1) is 45.3. The third kappa shape index (κ3) is 33.2. The molecule has 1 amide bonds. The van der Waals surface area contributed by atoms with Crippen molar-refractivity contribution >= 4 is 28.1 Å². The van der Waals surface area contributed by atoms with Gasteiger partial charge in [0.15, 0.2) is 6.29 Å². The molecule has 49 heavy (non-hydrogen) atoms. The van der Waals surface area contributed by atoms with Gasteiger partial charge in [-0.2, -0.15) is 0 Å². The molecule has 0 saturated heterocycles. The summed E-state index contributed by atoms with van der Waals surface area (Å²) < 4.78 is 61.7. The molecular formula is C31H56BrN4O13. The van der Waals surface area contributed by atoms with Crippen LogP contribution in [0.25, 0.3) is 0 Å². The molecule has 0 aliphatic heterocycles. The van der Waals surface area contributed by atoms with E-state index in [4.69, 9.17) is 52.1 Å². The van der Waals surface area contributed by atoms with Gasteiger partial charge >= 0.3 is 0 Å². The van der Waals surface area contributed by atoms with Gasteiger partial charge in [0.25, 0.3) is 0 Å². The molecule has 285 valence electrons. The van der Waals surface area contributed by atoms with E-state index in [1.807, 2.05) is 12.5 Å². The second-order valence-corrected chi connectivity index (χ2v) is 10.4. The summed E-state index contributed by atoms with van der Waals surface area (Å²) in [5, 5.41) is 11.0. The number of nitrogens with one attached hydrogen (secondary N) is 1. The van der Waals surface area contributed by atoms with Crippen LogP contribution in [0.3, 0.4) is 0 Å². The molecule has 17 nitrogen and oxygen atoms in total. The van der Waals surface area contributed by atoms with E-state index >= 15 is 0 Å². The van der Waals surface area contributed by atoms with Crippen molar-refractivity contribution in [3.05, 3.63) is 11.9 Å². The Hall–Kier alpha value is -1.68. The third-order valence-electron chi connectivity index (χ3n) is 5.94. The fraction of sp³-hybridized carbons (Fsp3) is 0.871. The fourth-order valence-corrected chi connectivity index (χ4v) is 3.71. The van der Waals surface area contributed by atoms with Crippen molar-refractivity contribution in [3.63, 3.8) is 0 Å². The highest BCUT2D eigenvalue weighted by molar-refractivity contribution is 9.09. The maximum absolute atomic E-state index is 11.0. The average Bonchev–Trinajstić information content (AvgIpc) is 3.57. The van der Waals surface area contributed by atoms with E-state index in [9.17, 15) is 9.59 Å². The lowest BCUT2D eigenvalue weighted by Crippen LogP contribution is -2.28. The van der Waals surface area contributed by atoms with Crippen LogP contribution in [-0.2, 0) is 74.7 Å². The molecule has 0 unspecified atom stereocenters. The van der Waals surface area contributed by atoms with Crippen molar-refractivity contribution < 1.29 is 61.7 Å². The first-order chi connectivity index (χ1) is 24.3. The lowest BCUT2D eigenvalue weighted by molar-refractivity contribution is -0.118. The minimum Gasteiger partial charge on any atom is -0.377 e. The normalized spacial score (nSPS) is 11.4. The fourth-order valence-electron chi connectivity index (χ4n) is 3.51. The Morgan fingerprint density at radius 1 is 0.592 bits per heavy atom. The van der Waals surface area contributed by atoms with Crippen LogP contribution in [0.15, 0.2) is 6.20 Å². The Bertz CT molecular complexity index is 860. The summed E-state index contributed by atoms with van der Waals surface area (Å²) in [5.41, 5.74) is 0.773. The second-order valence-electron chi connectivity index (χ2n) is 9.84. The number of amides is 1. The highest BCUT2D eigenvalue weighted by Gasteiger charge is 2.01. The van der Waals surface area contributed by atoms with Gasteiger partial charge in [-0.1, -0.05) is 21.1 Å². The number of hydrogen-bond donors (Lipinski definition) is 1. The predicted octanol–water partition coefficient (Wildman–Crippen LogP) is 0.0141. The monoisotopic (exact) mass is 771 g/mol. The molecule has 0 spiro atoms. The second kappa shape index (κ2) is 37.6. The van der Waals surface area contributed by atoms with Gasteiger partial charge in [-0.25, -0.2) is 4.68 Å². The number of alkyl halides is 1. The van der Waals surface area contributed by atoms with E-state index in [2.05, 4.69) is 31.6 Å². The summed E-state index contributed by atoms with van der Waals surface area (Å²) >= 11 is 3.08. The zero-order chi connectivity index (χ0) is 35.1. The Labute approximate surface area is 298 Å². The largest absolute Gasteiger partial charge is 0.377 e. The number of carbonyl (C=O) groups excluding carboxylic acids is 2. The molecule has 0 aromatic carbocycles. The molecule has 0 aliphatic carbocycles. The van der Waals surface area contributed by atoms with Gasteiger partial charge in [-0.15, -0.1) is 5.10 Å². The Morgan fingerprint density at radius 3 is 1.29 bits per heavy atom. The van der Waals surface area contributed by atoms with Crippen molar-refractivity contribution in [2.45, 2.75) is 19.4 Å². The van der Waals surface area contributed by atoms with Crippen LogP contribution in [0.5, 0.6) is 0 Å². The van der Waals surface area contributed by atoms with Crippen molar-refractivity contribution in [2.75, 3.05) is 157 Å². The van der Waals surface area contributed by atoms with Gasteiger partial charge in [-0.05, 0) is 0 Å². The van der Waals surface area contributed by atoms with Crippen LogP contribution in [0, 0.1) is 0 Å². The molecule has 1 heterocycles. The summed E-state index contributed by atoms with van der Waals surface area (Å²) in [6, 6.07) is 0. The molecule has 0 saturated carbocycles. The molecule has 0 aliphatic rings. The molecule has 1 radical (unpaired) electrons. The van der Waals surface area contributed by atoms with Gasteiger partial charge in [0.1, 0.15) is 0 Å². The molecule has 1 N–H and O–H groups in total. The summed E-state index contributed by atoms with van der Waals surface area (Å²) in [7, 11) is 0. The Morgan fingerprint density at radius 2 is 0.939 bits per heavy atom. The number of halogens is 1. The Kier molecular flexibility index (Phi) is 34.8. The minimum atomic E-state index is -0.0601. The third-order valence-corrected chi connectivity index (χ3v) is 6.45.